The summed E-state index contributed by atoms with van der Waals surface area (Å²) in [6.07, 6.45) is 1.45. The van der Waals surface area contributed by atoms with Crippen molar-refractivity contribution in [3.63, 3.8) is 0 Å². The fourth-order valence-corrected chi connectivity index (χ4v) is 3.52. The molecule has 1 saturated heterocycles. The van der Waals surface area contributed by atoms with Gasteiger partial charge in [-0.25, -0.2) is 0 Å². The number of nitrogens with zero attached hydrogens (tertiary/aromatic N) is 2. The molecule has 0 bridgehead atoms. The summed E-state index contributed by atoms with van der Waals surface area (Å²) in [5, 5.41) is 15.5. The Kier molecular flexibility index (Phi) is 6.53. The van der Waals surface area contributed by atoms with Crippen molar-refractivity contribution < 1.29 is 9.59 Å². The first kappa shape index (κ1) is 20.2. The number of nitriles is 1. The van der Waals surface area contributed by atoms with E-state index in [9.17, 15) is 9.59 Å². The van der Waals surface area contributed by atoms with E-state index in [1.165, 1.54) is 0 Å². The predicted molar refractivity (Wildman–Crippen MR) is 109 cm³/mol. The molecule has 0 aromatic heterocycles. The van der Waals surface area contributed by atoms with Gasteiger partial charge < -0.3 is 10.6 Å². The third-order valence-corrected chi connectivity index (χ3v) is 5.09. The van der Waals surface area contributed by atoms with E-state index in [-0.39, 0.29) is 18.4 Å². The number of hydrogen-bond donors (Lipinski definition) is 2. The van der Waals surface area contributed by atoms with Gasteiger partial charge in [0.2, 0.25) is 11.8 Å². The predicted octanol–water partition coefficient (Wildman–Crippen LogP) is 3.91. The van der Waals surface area contributed by atoms with Gasteiger partial charge in [-0.15, -0.1) is 0 Å². The van der Waals surface area contributed by atoms with E-state index in [1.54, 1.807) is 42.5 Å². The molecule has 1 atom stereocenters. The second-order valence-corrected chi connectivity index (χ2v) is 7.29. The van der Waals surface area contributed by atoms with Crippen LogP contribution in [0.1, 0.15) is 18.4 Å². The lowest BCUT2D eigenvalue weighted by molar-refractivity contribution is -0.122. The van der Waals surface area contributed by atoms with Crippen LogP contribution < -0.4 is 10.6 Å². The first-order chi connectivity index (χ1) is 13.5. The molecule has 2 N–H and O–H groups in total. The number of para-hydroxylation sites is 1. The topological polar surface area (TPSA) is 85.2 Å². The SMILES string of the molecule is N#Cc1ccccc1NC(=O)CN1CCC[C@H]1C(=O)Nc1cc(Cl)ccc1Cl. The van der Waals surface area contributed by atoms with Crippen LogP contribution in [-0.4, -0.2) is 35.8 Å². The number of carbonyl (C=O) groups is 2. The Morgan fingerprint density at radius 1 is 1.14 bits per heavy atom. The lowest BCUT2D eigenvalue weighted by Gasteiger charge is -2.23. The molecule has 144 valence electrons. The number of likely N-dealkylation sites (tertiary alicyclic amines) is 1. The van der Waals surface area contributed by atoms with Crippen molar-refractivity contribution in [2.24, 2.45) is 0 Å². The monoisotopic (exact) mass is 416 g/mol. The van der Waals surface area contributed by atoms with E-state index in [0.717, 1.165) is 6.42 Å². The maximum atomic E-state index is 12.7. The Bertz CT molecular complexity index is 942. The van der Waals surface area contributed by atoms with Crippen LogP contribution in [0.25, 0.3) is 0 Å². The number of hydrogen-bond acceptors (Lipinski definition) is 4. The smallest absolute Gasteiger partial charge is 0.241 e. The number of carbonyl (C=O) groups excluding carboxylic acids is 2. The molecule has 28 heavy (non-hydrogen) atoms. The summed E-state index contributed by atoms with van der Waals surface area (Å²) in [4.78, 5) is 26.9. The Morgan fingerprint density at radius 3 is 2.71 bits per heavy atom. The lowest BCUT2D eigenvalue weighted by atomic mass is 10.2. The fourth-order valence-electron chi connectivity index (χ4n) is 3.19. The van der Waals surface area contributed by atoms with Crippen LogP contribution in [0, 0.1) is 11.3 Å². The van der Waals surface area contributed by atoms with Crippen LogP contribution in [0.15, 0.2) is 42.5 Å². The Balaban J connectivity index is 1.64. The van der Waals surface area contributed by atoms with Gasteiger partial charge in [-0.2, -0.15) is 5.26 Å². The van der Waals surface area contributed by atoms with Gasteiger partial charge in [0.25, 0.3) is 0 Å². The fraction of sp³-hybridized carbons (Fsp3) is 0.250. The molecule has 0 aliphatic carbocycles. The number of nitrogens with one attached hydrogen (secondary N) is 2. The summed E-state index contributed by atoms with van der Waals surface area (Å²) in [6, 6.07) is 13.2. The summed E-state index contributed by atoms with van der Waals surface area (Å²) in [7, 11) is 0. The van der Waals surface area contributed by atoms with Crippen molar-refractivity contribution in [1.82, 2.24) is 4.90 Å². The maximum Gasteiger partial charge on any atom is 0.241 e. The van der Waals surface area contributed by atoms with Crippen LogP contribution in [0.5, 0.6) is 0 Å². The quantitative estimate of drug-likeness (QED) is 0.773. The molecule has 2 amide bonds. The molecule has 3 rings (SSSR count). The van der Waals surface area contributed by atoms with Gasteiger partial charge in [0.1, 0.15) is 6.07 Å². The van der Waals surface area contributed by atoms with Crippen LogP contribution in [0.2, 0.25) is 10.0 Å². The highest BCUT2D eigenvalue weighted by Crippen LogP contribution is 2.27. The molecule has 0 spiro atoms. The van der Waals surface area contributed by atoms with Crippen LogP contribution in [0.3, 0.4) is 0 Å². The van der Waals surface area contributed by atoms with Gasteiger partial charge in [-0.1, -0.05) is 35.3 Å². The van der Waals surface area contributed by atoms with Crippen LogP contribution >= 0.6 is 23.2 Å². The van der Waals surface area contributed by atoms with E-state index in [0.29, 0.717) is 39.9 Å². The largest absolute Gasteiger partial charge is 0.324 e. The van der Waals surface area contributed by atoms with Crippen molar-refractivity contribution in [2.45, 2.75) is 18.9 Å². The standard InChI is InChI=1S/C20H18Cl2N4O2/c21-14-7-8-15(22)17(10-14)25-20(28)18-6-3-9-26(18)12-19(27)24-16-5-2-1-4-13(16)11-23/h1-2,4-5,7-8,10,18H,3,6,9,12H2,(H,24,27)(H,25,28)/t18-/m0/s1. The Labute approximate surface area is 173 Å². The first-order valence-electron chi connectivity index (χ1n) is 8.77. The van der Waals surface area contributed by atoms with Crippen molar-refractivity contribution in [3.05, 3.63) is 58.1 Å². The number of anilines is 2. The van der Waals surface area contributed by atoms with Gasteiger partial charge in [0.05, 0.1) is 34.5 Å². The zero-order valence-electron chi connectivity index (χ0n) is 14.9. The van der Waals surface area contributed by atoms with E-state index in [2.05, 4.69) is 10.6 Å². The molecule has 1 aliphatic rings. The molecule has 0 saturated carbocycles. The summed E-state index contributed by atoms with van der Waals surface area (Å²) in [5.41, 5.74) is 1.29. The van der Waals surface area contributed by atoms with Gasteiger partial charge in [-0.05, 0) is 49.7 Å². The van der Waals surface area contributed by atoms with Crippen LogP contribution in [-0.2, 0) is 9.59 Å². The molecule has 0 radical (unpaired) electrons. The van der Waals surface area contributed by atoms with Crippen molar-refractivity contribution >= 4 is 46.4 Å². The summed E-state index contributed by atoms with van der Waals surface area (Å²) >= 11 is 12.1. The zero-order chi connectivity index (χ0) is 20.1. The Morgan fingerprint density at radius 2 is 1.93 bits per heavy atom. The van der Waals surface area contributed by atoms with Crippen molar-refractivity contribution in [3.8, 4) is 6.07 Å². The minimum absolute atomic E-state index is 0.0567. The number of rotatable bonds is 5. The van der Waals surface area contributed by atoms with E-state index in [1.807, 2.05) is 11.0 Å². The zero-order valence-corrected chi connectivity index (χ0v) is 16.4. The maximum absolute atomic E-state index is 12.7. The van der Waals surface area contributed by atoms with Crippen molar-refractivity contribution in [1.29, 1.82) is 5.26 Å². The average Bonchev–Trinajstić information content (AvgIpc) is 3.13. The van der Waals surface area contributed by atoms with Gasteiger partial charge in [-0.3, -0.25) is 14.5 Å². The summed E-state index contributed by atoms with van der Waals surface area (Å²) in [6.45, 7) is 0.690. The highest BCUT2D eigenvalue weighted by Gasteiger charge is 2.32. The van der Waals surface area contributed by atoms with Gasteiger partial charge >= 0.3 is 0 Å². The normalized spacial score (nSPS) is 16.4. The minimum atomic E-state index is -0.438. The average molecular weight is 417 g/mol. The second-order valence-electron chi connectivity index (χ2n) is 6.45. The molecule has 1 heterocycles. The second kappa shape index (κ2) is 9.07. The third-order valence-electron chi connectivity index (χ3n) is 4.52. The lowest BCUT2D eigenvalue weighted by Crippen LogP contribution is -2.43. The minimum Gasteiger partial charge on any atom is -0.324 e. The molecular formula is C20H18Cl2N4O2. The Hall–Kier alpha value is -2.59. The molecule has 2 aromatic rings. The molecular weight excluding hydrogens is 399 g/mol. The highest BCUT2D eigenvalue weighted by molar-refractivity contribution is 6.35. The third kappa shape index (κ3) is 4.82. The van der Waals surface area contributed by atoms with Gasteiger partial charge in [0.15, 0.2) is 0 Å². The van der Waals surface area contributed by atoms with Crippen LogP contribution in [0.4, 0.5) is 11.4 Å². The van der Waals surface area contributed by atoms with Gasteiger partial charge in [0, 0.05) is 5.02 Å². The number of halogens is 2. The molecule has 8 heteroatoms. The molecule has 6 nitrogen and oxygen atoms in total. The summed E-state index contributed by atoms with van der Waals surface area (Å²) < 4.78 is 0. The molecule has 2 aromatic carbocycles. The number of benzene rings is 2. The molecule has 0 unspecified atom stereocenters. The highest BCUT2D eigenvalue weighted by atomic mass is 35.5. The van der Waals surface area contributed by atoms with E-state index < -0.39 is 6.04 Å². The molecule has 1 aliphatic heterocycles. The van der Waals surface area contributed by atoms with E-state index >= 15 is 0 Å². The van der Waals surface area contributed by atoms with E-state index in [4.69, 9.17) is 28.5 Å². The first-order valence-corrected chi connectivity index (χ1v) is 9.52. The summed E-state index contributed by atoms with van der Waals surface area (Å²) in [5.74, 6) is -0.505. The molecule has 1 fully saturated rings. The number of amides is 2. The van der Waals surface area contributed by atoms with Crippen molar-refractivity contribution in [2.75, 3.05) is 23.7 Å².